The van der Waals surface area contributed by atoms with Crippen LogP contribution in [0.5, 0.6) is 0 Å². The SMILES string of the molecule is Fc1c(F)c2cc(-c3ccc4oc5ccccc5c4c3)cnc2c2ncc(-c3ccc4oc5ccccc5c4c3)cc12. The Labute approximate surface area is 236 Å². The third kappa shape index (κ3) is 3.26. The van der Waals surface area contributed by atoms with E-state index in [-0.39, 0.29) is 10.8 Å². The molecule has 0 amide bonds. The molecule has 4 heterocycles. The molecule has 0 aliphatic rings. The summed E-state index contributed by atoms with van der Waals surface area (Å²) in [5.41, 5.74) is 6.73. The summed E-state index contributed by atoms with van der Waals surface area (Å²) in [5, 5.41) is 4.05. The Bertz CT molecular complexity index is 2380. The zero-order valence-electron chi connectivity index (χ0n) is 21.9. The largest absolute Gasteiger partial charge is 0.456 e. The maximum Gasteiger partial charge on any atom is 0.169 e. The fourth-order valence-corrected chi connectivity index (χ4v) is 6.01. The minimum atomic E-state index is -0.947. The monoisotopic (exact) mass is 548 g/mol. The summed E-state index contributed by atoms with van der Waals surface area (Å²) in [6.07, 6.45) is 3.35. The molecule has 6 heteroatoms. The molecule has 0 aliphatic carbocycles. The summed E-state index contributed by atoms with van der Waals surface area (Å²) in [7, 11) is 0. The maximum absolute atomic E-state index is 15.6. The summed E-state index contributed by atoms with van der Waals surface area (Å²) >= 11 is 0. The highest BCUT2D eigenvalue weighted by molar-refractivity contribution is 6.09. The number of hydrogen-bond acceptors (Lipinski definition) is 4. The zero-order valence-corrected chi connectivity index (χ0v) is 21.9. The van der Waals surface area contributed by atoms with Gasteiger partial charge in [0.2, 0.25) is 0 Å². The van der Waals surface area contributed by atoms with Crippen LogP contribution in [0.15, 0.2) is 118 Å². The number of aromatic nitrogens is 2. The summed E-state index contributed by atoms with van der Waals surface area (Å²) < 4.78 is 43.2. The van der Waals surface area contributed by atoms with E-state index in [0.717, 1.165) is 55.0 Å². The van der Waals surface area contributed by atoms with Gasteiger partial charge in [-0.3, -0.25) is 9.97 Å². The molecule has 198 valence electrons. The number of fused-ring (bicyclic) bond motifs is 9. The molecule has 0 atom stereocenters. The van der Waals surface area contributed by atoms with Gasteiger partial charge >= 0.3 is 0 Å². The number of pyridine rings is 2. The molecule has 9 rings (SSSR count). The Hall–Kier alpha value is -5.62. The van der Waals surface area contributed by atoms with E-state index >= 15 is 8.78 Å². The number of rotatable bonds is 2. The summed E-state index contributed by atoms with van der Waals surface area (Å²) in [6, 6.07) is 30.4. The van der Waals surface area contributed by atoms with Crippen molar-refractivity contribution < 1.29 is 17.6 Å². The van der Waals surface area contributed by atoms with Crippen LogP contribution in [0.4, 0.5) is 8.78 Å². The van der Waals surface area contributed by atoms with Crippen LogP contribution < -0.4 is 0 Å². The molecule has 42 heavy (non-hydrogen) atoms. The van der Waals surface area contributed by atoms with E-state index in [2.05, 4.69) is 9.97 Å². The minimum absolute atomic E-state index is 0.0844. The van der Waals surface area contributed by atoms with Crippen molar-refractivity contribution in [1.29, 1.82) is 0 Å². The van der Waals surface area contributed by atoms with E-state index in [4.69, 9.17) is 8.83 Å². The molecule has 0 N–H and O–H groups in total. The lowest BCUT2D eigenvalue weighted by Crippen LogP contribution is -1.96. The highest BCUT2D eigenvalue weighted by Crippen LogP contribution is 2.37. The second kappa shape index (κ2) is 8.44. The minimum Gasteiger partial charge on any atom is -0.456 e. The molecule has 0 radical (unpaired) electrons. The standard InChI is InChI=1S/C36H18F2N2O2/c37-33-27-15-21(19-9-11-31-25(13-19)23-5-1-3-7-29(23)41-31)17-39-35(27)36-28(34(33)38)16-22(18-40-36)20-10-12-32-26(14-20)24-6-2-4-8-30(24)42-32/h1-18H. The van der Waals surface area contributed by atoms with Gasteiger partial charge in [-0.05, 0) is 59.7 Å². The van der Waals surface area contributed by atoms with Crippen molar-refractivity contribution in [3.8, 4) is 22.3 Å². The Morgan fingerprint density at radius 3 is 1.29 bits per heavy atom. The van der Waals surface area contributed by atoms with Crippen LogP contribution in [0.2, 0.25) is 0 Å². The van der Waals surface area contributed by atoms with Crippen LogP contribution in [0.1, 0.15) is 0 Å². The number of hydrogen-bond donors (Lipinski definition) is 0. The van der Waals surface area contributed by atoms with Crippen LogP contribution in [0.3, 0.4) is 0 Å². The van der Waals surface area contributed by atoms with Gasteiger partial charge in [-0.2, -0.15) is 0 Å². The molecular weight excluding hydrogens is 530 g/mol. The van der Waals surface area contributed by atoms with Crippen LogP contribution in [-0.4, -0.2) is 9.97 Å². The van der Waals surface area contributed by atoms with Crippen LogP contribution in [0, 0.1) is 11.6 Å². The molecule has 0 saturated carbocycles. The molecule has 0 fully saturated rings. The van der Waals surface area contributed by atoms with Gasteiger partial charge in [-0.25, -0.2) is 8.78 Å². The molecule has 5 aromatic carbocycles. The maximum atomic E-state index is 15.6. The molecule has 0 spiro atoms. The van der Waals surface area contributed by atoms with Crippen LogP contribution in [-0.2, 0) is 0 Å². The van der Waals surface area contributed by atoms with Gasteiger partial charge in [0, 0.05) is 55.8 Å². The second-order valence-electron chi connectivity index (χ2n) is 10.5. The van der Waals surface area contributed by atoms with Crippen molar-refractivity contribution in [3.63, 3.8) is 0 Å². The van der Waals surface area contributed by atoms with Gasteiger partial charge < -0.3 is 8.83 Å². The fraction of sp³-hybridized carbons (Fsp3) is 0. The summed E-state index contributed by atoms with van der Waals surface area (Å²) in [4.78, 5) is 9.17. The number of halogens is 2. The van der Waals surface area contributed by atoms with Crippen LogP contribution >= 0.6 is 0 Å². The normalized spacial score (nSPS) is 12.0. The van der Waals surface area contributed by atoms with E-state index in [0.29, 0.717) is 22.2 Å². The highest BCUT2D eigenvalue weighted by atomic mass is 19.2. The summed E-state index contributed by atoms with van der Waals surface area (Å²) in [6.45, 7) is 0. The van der Waals surface area contributed by atoms with Gasteiger partial charge in [-0.1, -0.05) is 48.5 Å². The smallest absolute Gasteiger partial charge is 0.169 e. The number of nitrogens with zero attached hydrogens (tertiary/aromatic N) is 2. The van der Waals surface area contributed by atoms with Crippen molar-refractivity contribution in [2.45, 2.75) is 0 Å². The third-order valence-corrected chi connectivity index (χ3v) is 8.09. The Morgan fingerprint density at radius 1 is 0.405 bits per heavy atom. The molecule has 0 unspecified atom stereocenters. The topological polar surface area (TPSA) is 52.1 Å². The van der Waals surface area contributed by atoms with Gasteiger partial charge in [0.25, 0.3) is 0 Å². The molecule has 0 aliphatic heterocycles. The first-order chi connectivity index (χ1) is 20.6. The molecule has 0 saturated heterocycles. The van der Waals surface area contributed by atoms with Crippen molar-refractivity contribution in [1.82, 2.24) is 9.97 Å². The molecule has 4 aromatic heterocycles. The first kappa shape index (κ1) is 23.1. The highest BCUT2D eigenvalue weighted by Gasteiger charge is 2.19. The number of furan rings is 2. The fourth-order valence-electron chi connectivity index (χ4n) is 6.01. The predicted octanol–water partition coefficient (Wildman–Crippen LogP) is 10.2. The van der Waals surface area contributed by atoms with E-state index in [1.54, 1.807) is 24.5 Å². The van der Waals surface area contributed by atoms with Crippen LogP contribution in [0.25, 0.3) is 87.9 Å². The van der Waals surface area contributed by atoms with Crippen molar-refractivity contribution in [2.75, 3.05) is 0 Å². The zero-order chi connectivity index (χ0) is 27.9. The predicted molar refractivity (Wildman–Crippen MR) is 162 cm³/mol. The number of benzene rings is 5. The Balaban J connectivity index is 1.19. The van der Waals surface area contributed by atoms with Gasteiger partial charge in [0.1, 0.15) is 22.3 Å². The first-order valence-electron chi connectivity index (χ1n) is 13.5. The molecule has 0 bridgehead atoms. The Morgan fingerprint density at radius 2 is 0.810 bits per heavy atom. The van der Waals surface area contributed by atoms with Crippen molar-refractivity contribution >= 4 is 65.7 Å². The van der Waals surface area contributed by atoms with E-state index in [1.807, 2.05) is 84.9 Å². The third-order valence-electron chi connectivity index (χ3n) is 8.09. The quantitative estimate of drug-likeness (QED) is 0.202. The van der Waals surface area contributed by atoms with Crippen molar-refractivity contribution in [3.05, 3.63) is 121 Å². The lowest BCUT2D eigenvalue weighted by molar-refractivity contribution is 0.525. The lowest BCUT2D eigenvalue weighted by atomic mass is 9.99. The second-order valence-corrected chi connectivity index (χ2v) is 10.5. The van der Waals surface area contributed by atoms with E-state index in [9.17, 15) is 0 Å². The average molecular weight is 549 g/mol. The van der Waals surface area contributed by atoms with Crippen molar-refractivity contribution in [2.24, 2.45) is 0 Å². The molecule has 4 nitrogen and oxygen atoms in total. The summed E-state index contributed by atoms with van der Waals surface area (Å²) in [5.74, 6) is -1.89. The van der Waals surface area contributed by atoms with Gasteiger partial charge in [0.15, 0.2) is 11.6 Å². The first-order valence-corrected chi connectivity index (χ1v) is 13.5. The van der Waals surface area contributed by atoms with E-state index in [1.165, 1.54) is 0 Å². The Kier molecular flexibility index (Phi) is 4.65. The molecule has 9 aromatic rings. The lowest BCUT2D eigenvalue weighted by Gasteiger charge is -2.10. The van der Waals surface area contributed by atoms with Gasteiger partial charge in [0.05, 0.1) is 11.0 Å². The average Bonchev–Trinajstić information content (AvgIpc) is 3.60. The molecular formula is C36H18F2N2O2. The van der Waals surface area contributed by atoms with E-state index < -0.39 is 11.6 Å². The van der Waals surface area contributed by atoms with Gasteiger partial charge in [-0.15, -0.1) is 0 Å². The number of para-hydroxylation sites is 2.